The van der Waals surface area contributed by atoms with Crippen LogP contribution in [0.15, 0.2) is 78.9 Å². The lowest BCUT2D eigenvalue weighted by molar-refractivity contribution is -0.143. The Bertz CT molecular complexity index is 1350. The molecule has 2 aromatic rings. The molecular weight excluding hydrogens is 526 g/mol. The first-order valence-corrected chi connectivity index (χ1v) is 14.7. The Kier molecular flexibility index (Phi) is 7.18. The highest BCUT2D eigenvalue weighted by Gasteiger charge is 2.70. The first-order chi connectivity index (χ1) is 19.5. The zero-order valence-electron chi connectivity index (χ0n) is 22.4. The van der Waals surface area contributed by atoms with Crippen LogP contribution in [0.25, 0.3) is 0 Å². The lowest BCUT2D eigenvalue weighted by Gasteiger charge is -2.35. The lowest BCUT2D eigenvalue weighted by Crippen LogP contribution is -2.53. The van der Waals surface area contributed by atoms with Gasteiger partial charge in [-0.05, 0) is 36.8 Å². The highest BCUT2D eigenvalue weighted by molar-refractivity contribution is 8.02. The maximum Gasteiger partial charge on any atom is 0.247 e. The van der Waals surface area contributed by atoms with E-state index in [-0.39, 0.29) is 36.1 Å². The molecule has 2 aromatic carbocycles. The van der Waals surface area contributed by atoms with E-state index in [1.807, 2.05) is 85.8 Å². The molecule has 2 fully saturated rings. The van der Waals surface area contributed by atoms with Crippen molar-refractivity contribution in [2.45, 2.75) is 29.5 Å². The van der Waals surface area contributed by atoms with E-state index in [1.54, 1.807) is 21.6 Å². The first kappa shape index (κ1) is 26.7. The molecule has 4 aliphatic rings. The van der Waals surface area contributed by atoms with Gasteiger partial charge in [0.25, 0.3) is 0 Å². The van der Waals surface area contributed by atoms with E-state index in [2.05, 4.69) is 0 Å². The average molecular weight is 560 g/mol. The molecular formula is C31H33N3O5S. The minimum Gasteiger partial charge on any atom is -0.494 e. The van der Waals surface area contributed by atoms with Gasteiger partial charge in [0.05, 0.1) is 29.8 Å². The summed E-state index contributed by atoms with van der Waals surface area (Å²) in [5.74, 6) is -1.13. The molecule has 208 valence electrons. The maximum absolute atomic E-state index is 14.2. The summed E-state index contributed by atoms with van der Waals surface area (Å²) in [5, 5.41) is 9.65. The predicted octanol–water partition coefficient (Wildman–Crippen LogP) is 2.88. The first-order valence-electron chi connectivity index (χ1n) is 13.8. The number of aliphatic hydroxyl groups excluding tert-OH is 1. The molecule has 0 aromatic heterocycles. The Labute approximate surface area is 238 Å². The number of likely N-dealkylation sites (tertiary alicyclic amines) is 1. The fourth-order valence-corrected chi connectivity index (χ4v) is 8.60. The van der Waals surface area contributed by atoms with Gasteiger partial charge >= 0.3 is 0 Å². The van der Waals surface area contributed by atoms with Crippen LogP contribution >= 0.6 is 11.8 Å². The van der Waals surface area contributed by atoms with Gasteiger partial charge in [0.1, 0.15) is 11.8 Å². The van der Waals surface area contributed by atoms with Crippen molar-refractivity contribution in [2.24, 2.45) is 11.8 Å². The van der Waals surface area contributed by atoms with Crippen molar-refractivity contribution in [3.8, 4) is 5.75 Å². The van der Waals surface area contributed by atoms with Gasteiger partial charge in [0.15, 0.2) is 0 Å². The van der Waals surface area contributed by atoms with Gasteiger partial charge in [-0.25, -0.2) is 0 Å². The number of hydrogen-bond acceptors (Lipinski definition) is 6. The number of rotatable bonds is 7. The minimum absolute atomic E-state index is 0.0467. The number of ether oxygens (including phenoxy) is 1. The molecule has 4 aliphatic heterocycles. The molecule has 9 heteroatoms. The number of fused-ring (bicyclic) bond motifs is 2. The van der Waals surface area contributed by atoms with E-state index >= 15 is 0 Å². The molecule has 1 spiro atoms. The Morgan fingerprint density at radius 3 is 2.48 bits per heavy atom. The van der Waals surface area contributed by atoms with Crippen LogP contribution in [0.1, 0.15) is 12.5 Å². The van der Waals surface area contributed by atoms with E-state index in [1.165, 1.54) is 4.90 Å². The summed E-state index contributed by atoms with van der Waals surface area (Å²) in [7, 11) is 0. The second-order valence-electron chi connectivity index (χ2n) is 10.5. The van der Waals surface area contributed by atoms with Crippen LogP contribution in [0.4, 0.5) is 5.69 Å². The van der Waals surface area contributed by atoms with Crippen molar-refractivity contribution in [3.05, 3.63) is 84.5 Å². The Morgan fingerprint density at radius 2 is 1.75 bits per heavy atom. The number of thioether (sulfide) groups is 1. The zero-order chi connectivity index (χ0) is 27.9. The number of hydrogen-bond donors (Lipinski definition) is 1. The molecule has 3 amide bonds. The fraction of sp³-hybridized carbons (Fsp3) is 0.387. The third-order valence-electron chi connectivity index (χ3n) is 8.26. The van der Waals surface area contributed by atoms with E-state index < -0.39 is 22.6 Å². The maximum atomic E-state index is 14.2. The topological polar surface area (TPSA) is 90.4 Å². The number of carbonyl (C=O) groups is 3. The number of carbonyl (C=O) groups excluding carboxylic acids is 3. The molecule has 0 bridgehead atoms. The molecule has 1 N–H and O–H groups in total. The average Bonchev–Trinajstić information content (AvgIpc) is 3.27. The van der Waals surface area contributed by atoms with Crippen molar-refractivity contribution in [3.63, 3.8) is 0 Å². The largest absolute Gasteiger partial charge is 0.494 e. The van der Waals surface area contributed by atoms with Crippen LogP contribution in [0.5, 0.6) is 5.75 Å². The molecule has 8 nitrogen and oxygen atoms in total. The quantitative estimate of drug-likeness (QED) is 0.525. The van der Waals surface area contributed by atoms with Gasteiger partial charge in [-0.15, -0.1) is 11.8 Å². The van der Waals surface area contributed by atoms with Gasteiger partial charge < -0.3 is 24.5 Å². The monoisotopic (exact) mass is 559 g/mol. The van der Waals surface area contributed by atoms with Gasteiger partial charge in [-0.1, -0.05) is 54.6 Å². The Balaban J connectivity index is 1.36. The highest BCUT2D eigenvalue weighted by Crippen LogP contribution is 2.61. The Morgan fingerprint density at radius 1 is 0.975 bits per heavy atom. The summed E-state index contributed by atoms with van der Waals surface area (Å²) in [6.07, 6.45) is 7.99. The van der Waals surface area contributed by atoms with Crippen molar-refractivity contribution in [1.29, 1.82) is 0 Å². The standard InChI is InChI=1S/C31H33N3O5S/c1-2-39-23-13-11-22(12-14-23)33-17-6-10-24-25(28(33)36)26-29(37)34(18-19-35)27-30(38)32(16-7-15-31(26,27)40-24)20-21-8-4-3-5-9-21/h3-15,24-27,35H,2,16-20H2,1H3/t24-,25+,26-,27?,31-/m0/s1. The second-order valence-corrected chi connectivity index (χ2v) is 12.0. The number of amides is 3. The van der Waals surface area contributed by atoms with Gasteiger partial charge in [-0.2, -0.15) is 0 Å². The van der Waals surface area contributed by atoms with Crippen LogP contribution in [0.2, 0.25) is 0 Å². The van der Waals surface area contributed by atoms with E-state index in [0.29, 0.717) is 26.2 Å². The SMILES string of the molecule is CCOc1ccc(N2CC=C[C@@H]3S[C@]45C=CCN(Cc6ccccc6)C(=O)C4N(CCO)C(=O)[C@@H]5[C@@H]3C2=O)cc1. The molecule has 4 heterocycles. The third-order valence-corrected chi connectivity index (χ3v) is 10.0. The van der Waals surface area contributed by atoms with Crippen LogP contribution in [-0.2, 0) is 20.9 Å². The van der Waals surface area contributed by atoms with Crippen molar-refractivity contribution in [1.82, 2.24) is 9.80 Å². The molecule has 0 aliphatic carbocycles. The van der Waals surface area contributed by atoms with E-state index in [4.69, 9.17) is 4.74 Å². The zero-order valence-corrected chi connectivity index (χ0v) is 23.2. The number of nitrogens with zero attached hydrogens (tertiary/aromatic N) is 3. The summed E-state index contributed by atoms with van der Waals surface area (Å²) in [4.78, 5) is 47.6. The van der Waals surface area contributed by atoms with Crippen LogP contribution < -0.4 is 9.64 Å². The minimum atomic E-state index is -0.897. The highest BCUT2D eigenvalue weighted by atomic mass is 32.2. The number of β-amino-alcohol motifs (C(OH)–C–C–N with tert-alkyl or cyclic N) is 1. The molecule has 6 rings (SSSR count). The number of aliphatic hydroxyl groups is 1. The molecule has 0 radical (unpaired) electrons. The molecule has 0 saturated carbocycles. The third kappa shape index (κ3) is 4.32. The lowest BCUT2D eigenvalue weighted by atomic mass is 9.78. The smallest absolute Gasteiger partial charge is 0.247 e. The van der Waals surface area contributed by atoms with Gasteiger partial charge in [-0.3, -0.25) is 14.4 Å². The Hall–Kier alpha value is -3.56. The van der Waals surface area contributed by atoms with E-state index in [9.17, 15) is 19.5 Å². The summed E-state index contributed by atoms with van der Waals surface area (Å²) >= 11 is 1.55. The fourth-order valence-electron chi connectivity index (χ4n) is 6.60. The van der Waals surface area contributed by atoms with Crippen LogP contribution in [0.3, 0.4) is 0 Å². The van der Waals surface area contributed by atoms with Crippen molar-refractivity contribution >= 4 is 35.2 Å². The summed E-state index contributed by atoms with van der Waals surface area (Å²) < 4.78 is 4.67. The van der Waals surface area contributed by atoms with Crippen LogP contribution in [-0.4, -0.2) is 81.5 Å². The molecule has 5 atom stereocenters. The second kappa shape index (κ2) is 10.8. The van der Waals surface area contributed by atoms with Crippen molar-refractivity contribution in [2.75, 3.05) is 37.7 Å². The molecule has 1 unspecified atom stereocenters. The summed E-state index contributed by atoms with van der Waals surface area (Å²) in [6, 6.07) is 16.4. The van der Waals surface area contributed by atoms with Crippen LogP contribution in [0, 0.1) is 11.8 Å². The predicted molar refractivity (Wildman–Crippen MR) is 154 cm³/mol. The van der Waals surface area contributed by atoms with Gasteiger partial charge in [0.2, 0.25) is 17.7 Å². The van der Waals surface area contributed by atoms with Crippen molar-refractivity contribution < 1.29 is 24.2 Å². The number of benzene rings is 2. The summed E-state index contributed by atoms with van der Waals surface area (Å²) in [6.45, 7) is 3.50. The molecule has 2 saturated heterocycles. The van der Waals surface area contributed by atoms with E-state index in [0.717, 1.165) is 17.0 Å². The van der Waals surface area contributed by atoms with Gasteiger partial charge in [0, 0.05) is 37.1 Å². The number of anilines is 1. The normalized spacial score (nSPS) is 29.2. The summed E-state index contributed by atoms with van der Waals surface area (Å²) in [5.41, 5.74) is 1.74. The molecule has 40 heavy (non-hydrogen) atoms.